The molecule has 0 aromatic heterocycles. The maximum Gasteiger partial charge on any atom is 0.173 e. The number of hydrogen-bond acceptors (Lipinski definition) is 3. The minimum atomic E-state index is -3.07. The molecule has 17 heavy (non-hydrogen) atoms. The zero-order valence-corrected chi connectivity index (χ0v) is 10.2. The van der Waals surface area contributed by atoms with Crippen LogP contribution in [-0.2, 0) is 9.84 Å². The third-order valence-corrected chi connectivity index (χ3v) is 4.16. The van der Waals surface area contributed by atoms with Crippen LogP contribution in [0.2, 0.25) is 0 Å². The molecule has 1 aliphatic rings. The summed E-state index contributed by atoms with van der Waals surface area (Å²) in [6.07, 6.45) is 1.60. The molecule has 2 rings (SSSR count). The Bertz CT molecular complexity index is 539. The zero-order chi connectivity index (χ0) is 12.5. The van der Waals surface area contributed by atoms with E-state index in [4.69, 9.17) is 0 Å². The summed E-state index contributed by atoms with van der Waals surface area (Å²) in [5, 5.41) is 4.29. The summed E-state index contributed by atoms with van der Waals surface area (Å²) in [6.45, 7) is 1.82. The topological polar surface area (TPSA) is 46.2 Å². The summed E-state index contributed by atoms with van der Waals surface area (Å²) in [5.74, 6) is -0.233. The van der Waals surface area contributed by atoms with Gasteiger partial charge in [-0.3, -0.25) is 0 Å². The van der Waals surface area contributed by atoms with E-state index in [-0.39, 0.29) is 23.7 Å². The van der Waals surface area contributed by atoms with Gasteiger partial charge in [0.1, 0.15) is 5.82 Å². The van der Waals surface area contributed by atoms with Crippen molar-refractivity contribution >= 4 is 9.84 Å². The van der Waals surface area contributed by atoms with Gasteiger partial charge in [-0.2, -0.15) is 0 Å². The predicted molar refractivity (Wildman–Crippen MR) is 64.7 cm³/mol. The second kappa shape index (κ2) is 4.58. The molecular weight excluding hydrogens is 241 g/mol. The highest BCUT2D eigenvalue weighted by atomic mass is 32.2. The highest BCUT2D eigenvalue weighted by Gasteiger charge is 2.23. The second-order valence-corrected chi connectivity index (χ2v) is 6.11. The van der Waals surface area contributed by atoms with E-state index in [1.807, 2.05) is 6.92 Å². The normalized spacial score (nSPS) is 23.8. The van der Waals surface area contributed by atoms with Crippen LogP contribution >= 0.6 is 0 Å². The van der Waals surface area contributed by atoms with Gasteiger partial charge >= 0.3 is 0 Å². The number of benzene rings is 1. The van der Waals surface area contributed by atoms with E-state index in [2.05, 4.69) is 5.32 Å². The lowest BCUT2D eigenvalue weighted by atomic mass is 10.1. The Morgan fingerprint density at radius 1 is 1.41 bits per heavy atom. The lowest BCUT2D eigenvalue weighted by Crippen LogP contribution is -2.32. The van der Waals surface area contributed by atoms with Gasteiger partial charge in [0.05, 0.1) is 5.75 Å². The molecule has 0 fully saturated rings. The van der Waals surface area contributed by atoms with Crippen molar-refractivity contribution in [2.75, 3.05) is 5.75 Å². The van der Waals surface area contributed by atoms with Crippen LogP contribution in [0.1, 0.15) is 18.5 Å². The molecule has 3 nitrogen and oxygen atoms in total. The molecule has 1 aromatic rings. The van der Waals surface area contributed by atoms with Gasteiger partial charge in [-0.05, 0) is 13.0 Å². The zero-order valence-electron chi connectivity index (χ0n) is 9.43. The molecule has 2 unspecified atom stereocenters. The van der Waals surface area contributed by atoms with Crippen LogP contribution < -0.4 is 5.32 Å². The van der Waals surface area contributed by atoms with Crippen molar-refractivity contribution in [3.8, 4) is 0 Å². The van der Waals surface area contributed by atoms with E-state index in [9.17, 15) is 12.8 Å². The molecule has 92 valence electrons. The van der Waals surface area contributed by atoms with Gasteiger partial charge < -0.3 is 5.32 Å². The molecule has 0 amide bonds. The van der Waals surface area contributed by atoms with Crippen molar-refractivity contribution < 1.29 is 12.8 Å². The Labute approximate surface area is 100 Å². The molecule has 1 aromatic carbocycles. The van der Waals surface area contributed by atoms with E-state index in [0.717, 1.165) is 0 Å². The fourth-order valence-corrected chi connectivity index (χ4v) is 3.16. The van der Waals surface area contributed by atoms with Crippen LogP contribution in [0, 0.1) is 5.82 Å². The standard InChI is InChI=1S/C12H14FNO2S/c1-9(11-4-2-3-5-12(11)13)14-10-6-7-17(15,16)8-10/h2-7,9-10,14H,8H2,1H3. The number of nitrogens with one attached hydrogen (secondary N) is 1. The molecule has 2 atom stereocenters. The molecule has 0 spiro atoms. The first-order valence-corrected chi connectivity index (χ1v) is 7.11. The molecule has 1 aliphatic heterocycles. The molecular formula is C12H14FNO2S. The van der Waals surface area contributed by atoms with Crippen LogP contribution in [0.15, 0.2) is 35.7 Å². The van der Waals surface area contributed by atoms with Crippen molar-refractivity contribution in [3.05, 3.63) is 47.1 Å². The maximum absolute atomic E-state index is 13.5. The molecule has 0 aliphatic carbocycles. The fourth-order valence-electron chi connectivity index (χ4n) is 1.92. The van der Waals surface area contributed by atoms with Crippen LogP contribution in [0.5, 0.6) is 0 Å². The first kappa shape index (κ1) is 12.3. The maximum atomic E-state index is 13.5. The average Bonchev–Trinajstić information content (AvgIpc) is 2.58. The summed E-state index contributed by atoms with van der Waals surface area (Å²) < 4.78 is 35.9. The van der Waals surface area contributed by atoms with Gasteiger partial charge in [-0.15, -0.1) is 0 Å². The van der Waals surface area contributed by atoms with Gasteiger partial charge in [0.15, 0.2) is 9.84 Å². The largest absolute Gasteiger partial charge is 0.303 e. The fraction of sp³-hybridized carbons (Fsp3) is 0.333. The van der Waals surface area contributed by atoms with Crippen molar-refractivity contribution in [3.63, 3.8) is 0 Å². The summed E-state index contributed by atoms with van der Waals surface area (Å²) >= 11 is 0. The minimum absolute atomic E-state index is 0.0474. The van der Waals surface area contributed by atoms with E-state index < -0.39 is 9.84 Å². The van der Waals surface area contributed by atoms with Crippen molar-refractivity contribution in [1.29, 1.82) is 0 Å². The predicted octanol–water partition coefficient (Wildman–Crippen LogP) is 1.79. The quantitative estimate of drug-likeness (QED) is 0.895. The minimum Gasteiger partial charge on any atom is -0.303 e. The highest BCUT2D eigenvalue weighted by molar-refractivity contribution is 7.94. The van der Waals surface area contributed by atoms with Crippen molar-refractivity contribution in [1.82, 2.24) is 5.32 Å². The Balaban J connectivity index is 2.06. The molecule has 1 heterocycles. The van der Waals surface area contributed by atoms with E-state index in [1.165, 1.54) is 11.5 Å². The molecule has 0 radical (unpaired) electrons. The Morgan fingerprint density at radius 3 is 2.71 bits per heavy atom. The first-order chi connectivity index (χ1) is 7.98. The molecule has 5 heteroatoms. The van der Waals surface area contributed by atoms with Crippen molar-refractivity contribution in [2.45, 2.75) is 19.0 Å². The Kier molecular flexibility index (Phi) is 3.31. The van der Waals surface area contributed by atoms with Crippen LogP contribution in [0.25, 0.3) is 0 Å². The third kappa shape index (κ3) is 2.92. The summed E-state index contributed by atoms with van der Waals surface area (Å²) in [5.41, 5.74) is 0.546. The molecule has 1 N–H and O–H groups in total. The molecule has 0 saturated carbocycles. The Morgan fingerprint density at radius 2 is 2.12 bits per heavy atom. The Hall–Kier alpha value is -1.20. The number of halogens is 1. The second-order valence-electron chi connectivity index (χ2n) is 4.17. The third-order valence-electron chi connectivity index (χ3n) is 2.77. The van der Waals surface area contributed by atoms with Crippen LogP contribution in [0.4, 0.5) is 4.39 Å². The monoisotopic (exact) mass is 255 g/mol. The van der Waals surface area contributed by atoms with E-state index >= 15 is 0 Å². The average molecular weight is 255 g/mol. The summed E-state index contributed by atoms with van der Waals surface area (Å²) in [6, 6.07) is 6.02. The van der Waals surface area contributed by atoms with Crippen LogP contribution in [-0.4, -0.2) is 20.2 Å². The molecule has 0 saturated heterocycles. The number of rotatable bonds is 3. The van der Waals surface area contributed by atoms with Gasteiger partial charge in [-0.25, -0.2) is 12.8 Å². The lowest BCUT2D eigenvalue weighted by Gasteiger charge is -2.18. The highest BCUT2D eigenvalue weighted by Crippen LogP contribution is 2.18. The smallest absolute Gasteiger partial charge is 0.173 e. The van der Waals surface area contributed by atoms with Crippen molar-refractivity contribution in [2.24, 2.45) is 0 Å². The van der Waals surface area contributed by atoms with Gasteiger partial charge in [0.25, 0.3) is 0 Å². The lowest BCUT2D eigenvalue weighted by molar-refractivity contribution is 0.506. The van der Waals surface area contributed by atoms with Crippen LogP contribution in [0.3, 0.4) is 0 Å². The number of sulfone groups is 1. The summed E-state index contributed by atoms with van der Waals surface area (Å²) in [7, 11) is -3.07. The summed E-state index contributed by atoms with van der Waals surface area (Å²) in [4.78, 5) is 0. The van der Waals surface area contributed by atoms with E-state index in [0.29, 0.717) is 5.56 Å². The molecule has 0 bridgehead atoms. The first-order valence-electron chi connectivity index (χ1n) is 5.39. The van der Waals surface area contributed by atoms with Gasteiger partial charge in [-0.1, -0.05) is 24.3 Å². The number of hydrogen-bond donors (Lipinski definition) is 1. The van der Waals surface area contributed by atoms with Gasteiger partial charge in [0.2, 0.25) is 0 Å². The van der Waals surface area contributed by atoms with Gasteiger partial charge in [0, 0.05) is 23.1 Å². The van der Waals surface area contributed by atoms with E-state index in [1.54, 1.807) is 24.3 Å². The SMILES string of the molecule is CC(NC1C=CS(=O)(=O)C1)c1ccccc1F.